The van der Waals surface area contributed by atoms with Gasteiger partial charge in [0.15, 0.2) is 0 Å². The van der Waals surface area contributed by atoms with E-state index in [1.807, 2.05) is 6.07 Å². The van der Waals surface area contributed by atoms with Crippen molar-refractivity contribution in [1.82, 2.24) is 0 Å². The number of hydrogen-bond donors (Lipinski definition) is 0. The summed E-state index contributed by atoms with van der Waals surface area (Å²) in [4.78, 5) is 9.99. The molecule has 1 aromatic rings. The summed E-state index contributed by atoms with van der Waals surface area (Å²) in [7, 11) is 0. The van der Waals surface area contributed by atoms with Gasteiger partial charge in [0, 0.05) is 12.1 Å². The second-order valence-corrected chi connectivity index (χ2v) is 3.80. The Hall–Kier alpha value is -2.09. The van der Waals surface area contributed by atoms with E-state index in [-0.39, 0.29) is 11.3 Å². The minimum atomic E-state index is -0.522. The molecule has 5 nitrogen and oxygen atoms in total. The van der Waals surface area contributed by atoms with Crippen LogP contribution < -0.4 is 4.74 Å². The molecule has 0 amide bonds. The van der Waals surface area contributed by atoms with Gasteiger partial charge < -0.3 is 4.74 Å². The zero-order chi connectivity index (χ0) is 11.5. The molecule has 0 bridgehead atoms. The van der Waals surface area contributed by atoms with Gasteiger partial charge in [0.05, 0.1) is 11.5 Å². The van der Waals surface area contributed by atoms with E-state index in [1.54, 1.807) is 0 Å². The van der Waals surface area contributed by atoms with Crippen molar-refractivity contribution in [2.75, 3.05) is 6.61 Å². The smallest absolute Gasteiger partial charge is 0.271 e. The number of hydrogen-bond acceptors (Lipinski definition) is 4. The lowest BCUT2D eigenvalue weighted by atomic mass is 10.2. The predicted octanol–water partition coefficient (Wildman–Crippen LogP) is 2.26. The third-order valence-electron chi connectivity index (χ3n) is 2.47. The summed E-state index contributed by atoms with van der Waals surface area (Å²) in [6.07, 6.45) is 2.32. The number of non-ortho nitro benzene ring substituents is 1. The number of nitrogens with zero attached hydrogens (tertiary/aromatic N) is 2. The van der Waals surface area contributed by atoms with Crippen LogP contribution in [0.2, 0.25) is 0 Å². The number of rotatable bonds is 4. The van der Waals surface area contributed by atoms with Crippen LogP contribution in [0.1, 0.15) is 18.4 Å². The second kappa shape index (κ2) is 4.19. The van der Waals surface area contributed by atoms with Gasteiger partial charge in [-0.1, -0.05) is 0 Å². The summed E-state index contributed by atoms with van der Waals surface area (Å²) < 4.78 is 5.44. The summed E-state index contributed by atoms with van der Waals surface area (Å²) in [5, 5.41) is 19.4. The molecule has 0 saturated heterocycles. The van der Waals surface area contributed by atoms with Crippen LogP contribution in [0.15, 0.2) is 18.2 Å². The standard InChI is InChI=1S/C11H10N2O3/c12-6-9-5-10(13(14)15)3-4-11(9)16-7-8-1-2-8/h3-5,8H,1-2,7H2. The number of benzene rings is 1. The molecule has 0 unspecified atom stereocenters. The first-order valence-electron chi connectivity index (χ1n) is 5.02. The Labute approximate surface area is 92.4 Å². The number of nitriles is 1. The van der Waals surface area contributed by atoms with Crippen LogP contribution in [-0.2, 0) is 0 Å². The SMILES string of the molecule is N#Cc1cc([N+](=O)[O-])ccc1OCC1CC1. The Kier molecular flexibility index (Phi) is 2.73. The summed E-state index contributed by atoms with van der Waals surface area (Å²) in [5.74, 6) is 1.02. The maximum atomic E-state index is 10.5. The largest absolute Gasteiger partial charge is 0.492 e. The molecule has 1 saturated carbocycles. The van der Waals surface area contributed by atoms with Gasteiger partial charge in [-0.05, 0) is 24.8 Å². The fraction of sp³-hybridized carbons (Fsp3) is 0.364. The van der Waals surface area contributed by atoms with Crippen molar-refractivity contribution in [3.8, 4) is 11.8 Å². The van der Waals surface area contributed by atoms with Crippen LogP contribution in [0.25, 0.3) is 0 Å². The Morgan fingerprint density at radius 3 is 2.88 bits per heavy atom. The minimum Gasteiger partial charge on any atom is -0.492 e. The average molecular weight is 218 g/mol. The van der Waals surface area contributed by atoms with Crippen LogP contribution >= 0.6 is 0 Å². The van der Waals surface area contributed by atoms with Crippen molar-refractivity contribution >= 4 is 5.69 Å². The summed E-state index contributed by atoms with van der Waals surface area (Å²) in [6, 6.07) is 5.98. The van der Waals surface area contributed by atoms with Gasteiger partial charge in [0.25, 0.3) is 5.69 Å². The zero-order valence-electron chi connectivity index (χ0n) is 8.55. The zero-order valence-corrected chi connectivity index (χ0v) is 8.55. The average Bonchev–Trinajstić information content (AvgIpc) is 3.09. The van der Waals surface area contributed by atoms with Crippen molar-refractivity contribution in [2.45, 2.75) is 12.8 Å². The lowest BCUT2D eigenvalue weighted by Crippen LogP contribution is -2.01. The van der Waals surface area contributed by atoms with Crippen LogP contribution in [0.3, 0.4) is 0 Å². The highest BCUT2D eigenvalue weighted by atomic mass is 16.6. The molecule has 0 aromatic heterocycles. The van der Waals surface area contributed by atoms with Gasteiger partial charge in [0.1, 0.15) is 17.4 Å². The molecule has 0 spiro atoms. The van der Waals surface area contributed by atoms with Crippen LogP contribution in [0.4, 0.5) is 5.69 Å². The molecule has 1 aliphatic rings. The highest BCUT2D eigenvalue weighted by Gasteiger charge is 2.22. The monoisotopic (exact) mass is 218 g/mol. The fourth-order valence-corrected chi connectivity index (χ4v) is 1.34. The van der Waals surface area contributed by atoms with Crippen molar-refractivity contribution < 1.29 is 9.66 Å². The van der Waals surface area contributed by atoms with E-state index in [2.05, 4.69) is 0 Å². The van der Waals surface area contributed by atoms with Crippen LogP contribution in [-0.4, -0.2) is 11.5 Å². The maximum Gasteiger partial charge on any atom is 0.271 e. The van der Waals surface area contributed by atoms with Crippen LogP contribution in [0.5, 0.6) is 5.75 Å². The number of ether oxygens (including phenoxy) is 1. The molecule has 1 aliphatic carbocycles. The molecule has 82 valence electrons. The summed E-state index contributed by atoms with van der Waals surface area (Å²) in [5.41, 5.74) is 0.130. The van der Waals surface area contributed by atoms with Gasteiger partial charge >= 0.3 is 0 Å². The van der Waals surface area contributed by atoms with Crippen molar-refractivity contribution in [3.05, 3.63) is 33.9 Å². The van der Waals surface area contributed by atoms with Crippen molar-refractivity contribution in [3.63, 3.8) is 0 Å². The molecule has 2 rings (SSSR count). The highest BCUT2D eigenvalue weighted by molar-refractivity contribution is 5.50. The van der Waals surface area contributed by atoms with E-state index in [1.165, 1.54) is 18.2 Å². The lowest BCUT2D eigenvalue weighted by molar-refractivity contribution is -0.384. The number of nitro benzene ring substituents is 1. The molecule has 1 fully saturated rings. The van der Waals surface area contributed by atoms with Gasteiger partial charge in [-0.3, -0.25) is 10.1 Å². The van der Waals surface area contributed by atoms with Crippen molar-refractivity contribution in [1.29, 1.82) is 5.26 Å². The van der Waals surface area contributed by atoms with Crippen molar-refractivity contribution in [2.24, 2.45) is 5.92 Å². The Bertz CT molecular complexity index is 461. The Morgan fingerprint density at radius 2 is 2.31 bits per heavy atom. The first-order valence-corrected chi connectivity index (χ1v) is 5.02. The molecule has 0 aliphatic heterocycles. The summed E-state index contributed by atoms with van der Waals surface area (Å²) >= 11 is 0. The lowest BCUT2D eigenvalue weighted by Gasteiger charge is -2.06. The molecule has 0 heterocycles. The summed E-state index contributed by atoms with van der Waals surface area (Å²) in [6.45, 7) is 0.590. The molecule has 0 radical (unpaired) electrons. The third-order valence-corrected chi connectivity index (χ3v) is 2.47. The Balaban J connectivity index is 2.17. The molecule has 5 heteroatoms. The molecule has 1 aromatic carbocycles. The topological polar surface area (TPSA) is 76.2 Å². The Morgan fingerprint density at radius 1 is 1.56 bits per heavy atom. The second-order valence-electron chi connectivity index (χ2n) is 3.80. The highest BCUT2D eigenvalue weighted by Crippen LogP contribution is 2.31. The first kappa shape index (κ1) is 10.4. The van der Waals surface area contributed by atoms with E-state index < -0.39 is 4.92 Å². The number of nitro groups is 1. The third kappa shape index (κ3) is 2.28. The van der Waals surface area contributed by atoms with E-state index in [0.717, 1.165) is 12.8 Å². The molecule has 16 heavy (non-hydrogen) atoms. The quantitative estimate of drug-likeness (QED) is 0.573. The molecular weight excluding hydrogens is 208 g/mol. The van der Waals surface area contributed by atoms with E-state index >= 15 is 0 Å². The fourth-order valence-electron chi connectivity index (χ4n) is 1.34. The van der Waals surface area contributed by atoms with Gasteiger partial charge in [-0.2, -0.15) is 5.26 Å². The van der Waals surface area contributed by atoms with E-state index in [4.69, 9.17) is 10.00 Å². The predicted molar refractivity (Wildman–Crippen MR) is 56.0 cm³/mol. The first-order chi connectivity index (χ1) is 7.70. The molecule has 0 atom stereocenters. The van der Waals surface area contributed by atoms with Gasteiger partial charge in [0.2, 0.25) is 0 Å². The van der Waals surface area contributed by atoms with Gasteiger partial charge in [-0.15, -0.1) is 0 Å². The minimum absolute atomic E-state index is 0.0877. The van der Waals surface area contributed by atoms with E-state index in [0.29, 0.717) is 18.3 Å². The van der Waals surface area contributed by atoms with Gasteiger partial charge in [-0.25, -0.2) is 0 Å². The molecular formula is C11H10N2O3. The maximum absolute atomic E-state index is 10.5. The van der Waals surface area contributed by atoms with E-state index in [9.17, 15) is 10.1 Å². The van der Waals surface area contributed by atoms with Crippen LogP contribution in [0, 0.1) is 27.4 Å². The molecule has 0 N–H and O–H groups in total. The normalized spacial score (nSPS) is 14.2.